The summed E-state index contributed by atoms with van der Waals surface area (Å²) in [5.74, 6) is 0.917. The summed E-state index contributed by atoms with van der Waals surface area (Å²) in [7, 11) is 2.06. The van der Waals surface area contributed by atoms with Gasteiger partial charge in [-0.2, -0.15) is 15.0 Å². The summed E-state index contributed by atoms with van der Waals surface area (Å²) < 4.78 is 2.16. The van der Waals surface area contributed by atoms with Crippen LogP contribution < -0.4 is 0 Å². The average Bonchev–Trinajstić information content (AvgIpc) is 3.51. The highest BCUT2D eigenvalue weighted by molar-refractivity contribution is 5.99. The Bertz CT molecular complexity index is 1380. The molecule has 0 radical (unpaired) electrons. The van der Waals surface area contributed by atoms with Crippen LogP contribution in [-0.4, -0.2) is 41.9 Å². The maximum Gasteiger partial charge on any atom is 0.256 e. The van der Waals surface area contributed by atoms with E-state index in [1.54, 1.807) is 12.4 Å². The van der Waals surface area contributed by atoms with Gasteiger partial charge in [-0.15, -0.1) is 0 Å². The van der Waals surface area contributed by atoms with E-state index < -0.39 is 5.54 Å². The highest BCUT2D eigenvalue weighted by Crippen LogP contribution is 2.40. The summed E-state index contributed by atoms with van der Waals surface area (Å²) in [5, 5.41) is 8.60. The fourth-order valence-electron chi connectivity index (χ4n) is 5.07. The van der Waals surface area contributed by atoms with E-state index in [1.807, 2.05) is 30.9 Å². The first-order valence-corrected chi connectivity index (χ1v) is 11.4. The Morgan fingerprint density at radius 2 is 1.58 bits per heavy atom. The lowest BCUT2D eigenvalue weighted by Gasteiger charge is -2.35. The molecule has 5 rings (SSSR count). The fourth-order valence-corrected chi connectivity index (χ4v) is 5.07. The number of carbonyl (C=O) groups is 1. The minimum absolute atomic E-state index is 0.00943. The van der Waals surface area contributed by atoms with Gasteiger partial charge in [-0.25, -0.2) is 4.98 Å². The van der Waals surface area contributed by atoms with Crippen LogP contribution in [-0.2, 0) is 12.6 Å². The predicted octanol–water partition coefficient (Wildman–Crippen LogP) is 4.54. The van der Waals surface area contributed by atoms with Crippen molar-refractivity contribution in [3.63, 3.8) is 0 Å². The standard InChI is InChI=1S/C26H30N6O/c1-16-12-20(22(14-18(16)3)32-27-9-10-28-32)24(33)31-11-7-8-26(31,5)25-29-21-13-17(2)19(4)15-23(21)30(25)6/h9-10,12-15H,7-8,11H2,1-6H3/t26-/m0/s1. The molecule has 0 spiro atoms. The lowest BCUT2D eigenvalue weighted by molar-refractivity contribution is 0.0599. The summed E-state index contributed by atoms with van der Waals surface area (Å²) in [6.45, 7) is 11.1. The van der Waals surface area contributed by atoms with Crippen molar-refractivity contribution in [2.45, 2.75) is 53.0 Å². The molecule has 0 unspecified atom stereocenters. The van der Waals surface area contributed by atoms with Gasteiger partial charge < -0.3 is 9.47 Å². The van der Waals surface area contributed by atoms with Gasteiger partial charge in [0, 0.05) is 13.6 Å². The van der Waals surface area contributed by atoms with Crippen LogP contribution >= 0.6 is 0 Å². The van der Waals surface area contributed by atoms with Crippen LogP contribution in [0.4, 0.5) is 0 Å². The quantitative estimate of drug-likeness (QED) is 0.467. The smallest absolute Gasteiger partial charge is 0.256 e. The number of fused-ring (bicyclic) bond motifs is 1. The normalized spacial score (nSPS) is 18.4. The molecule has 1 saturated heterocycles. The second-order valence-corrected chi connectivity index (χ2v) is 9.53. The molecule has 2 aromatic carbocycles. The largest absolute Gasteiger partial charge is 0.329 e. The molecule has 170 valence electrons. The molecule has 1 atom stereocenters. The molecule has 0 N–H and O–H groups in total. The topological polar surface area (TPSA) is 68.8 Å². The van der Waals surface area contributed by atoms with Crippen molar-refractivity contribution >= 4 is 16.9 Å². The Hall–Kier alpha value is -3.48. The number of aromatic nitrogens is 5. The molecule has 4 aromatic rings. The minimum atomic E-state index is -0.500. The maximum absolute atomic E-state index is 14.1. The number of benzene rings is 2. The summed E-state index contributed by atoms with van der Waals surface area (Å²) in [6.07, 6.45) is 5.07. The molecule has 1 amide bonds. The van der Waals surface area contributed by atoms with E-state index in [9.17, 15) is 4.79 Å². The first kappa shape index (κ1) is 21.4. The van der Waals surface area contributed by atoms with Gasteiger partial charge in [0.05, 0.1) is 40.2 Å². The van der Waals surface area contributed by atoms with Crippen molar-refractivity contribution in [3.8, 4) is 5.69 Å². The van der Waals surface area contributed by atoms with Gasteiger partial charge in [0.25, 0.3) is 5.91 Å². The number of aryl methyl sites for hydroxylation is 5. The lowest BCUT2D eigenvalue weighted by Crippen LogP contribution is -2.44. The van der Waals surface area contributed by atoms with Crippen LogP contribution in [0.25, 0.3) is 16.7 Å². The fraction of sp³-hybridized carbons (Fsp3) is 0.385. The molecule has 33 heavy (non-hydrogen) atoms. The summed E-state index contributed by atoms with van der Waals surface area (Å²) in [6, 6.07) is 8.30. The van der Waals surface area contributed by atoms with Crippen LogP contribution in [0.5, 0.6) is 0 Å². The third-order valence-electron chi connectivity index (χ3n) is 7.34. The summed E-state index contributed by atoms with van der Waals surface area (Å²) >= 11 is 0. The Morgan fingerprint density at radius 1 is 0.939 bits per heavy atom. The number of imidazole rings is 1. The highest BCUT2D eigenvalue weighted by Gasteiger charge is 2.45. The molecule has 0 aliphatic carbocycles. The van der Waals surface area contributed by atoms with Crippen LogP contribution in [0.2, 0.25) is 0 Å². The minimum Gasteiger partial charge on any atom is -0.329 e. The molecule has 0 saturated carbocycles. The highest BCUT2D eigenvalue weighted by atomic mass is 16.2. The zero-order chi connectivity index (χ0) is 23.5. The van der Waals surface area contributed by atoms with E-state index >= 15 is 0 Å². The van der Waals surface area contributed by atoms with Crippen molar-refractivity contribution < 1.29 is 4.79 Å². The van der Waals surface area contributed by atoms with Crippen molar-refractivity contribution in [1.29, 1.82) is 0 Å². The van der Waals surface area contributed by atoms with E-state index in [4.69, 9.17) is 4.98 Å². The Balaban J connectivity index is 1.63. The van der Waals surface area contributed by atoms with E-state index in [1.165, 1.54) is 15.9 Å². The van der Waals surface area contributed by atoms with E-state index in [0.717, 1.165) is 40.8 Å². The molecular weight excluding hydrogens is 412 g/mol. The Kier molecular flexibility index (Phi) is 4.88. The number of hydrogen-bond donors (Lipinski definition) is 0. The average molecular weight is 443 g/mol. The zero-order valence-corrected chi connectivity index (χ0v) is 20.2. The number of rotatable bonds is 3. The summed E-state index contributed by atoms with van der Waals surface area (Å²) in [4.78, 5) is 22.6. The second kappa shape index (κ2) is 7.54. The molecule has 7 nitrogen and oxygen atoms in total. The monoisotopic (exact) mass is 442 g/mol. The number of hydrogen-bond acceptors (Lipinski definition) is 4. The second-order valence-electron chi connectivity index (χ2n) is 9.53. The zero-order valence-electron chi connectivity index (χ0n) is 20.2. The van der Waals surface area contributed by atoms with Crippen molar-refractivity contribution in [3.05, 3.63) is 70.3 Å². The van der Waals surface area contributed by atoms with E-state index in [-0.39, 0.29) is 5.91 Å². The van der Waals surface area contributed by atoms with Crippen LogP contribution in [0.3, 0.4) is 0 Å². The van der Waals surface area contributed by atoms with Crippen LogP contribution in [0.15, 0.2) is 36.7 Å². The van der Waals surface area contributed by atoms with E-state index in [0.29, 0.717) is 17.8 Å². The molecule has 7 heteroatoms. The van der Waals surface area contributed by atoms with Crippen LogP contribution in [0.1, 0.15) is 58.2 Å². The van der Waals surface area contributed by atoms with Gasteiger partial charge in [0.2, 0.25) is 0 Å². The Morgan fingerprint density at radius 3 is 2.30 bits per heavy atom. The van der Waals surface area contributed by atoms with Gasteiger partial charge in [-0.1, -0.05) is 0 Å². The van der Waals surface area contributed by atoms with E-state index in [2.05, 4.69) is 54.7 Å². The molecule has 2 aromatic heterocycles. The predicted molar refractivity (Wildman–Crippen MR) is 129 cm³/mol. The number of nitrogens with zero attached hydrogens (tertiary/aromatic N) is 6. The third-order valence-corrected chi connectivity index (χ3v) is 7.34. The Labute approximate surface area is 194 Å². The number of amides is 1. The maximum atomic E-state index is 14.1. The van der Waals surface area contributed by atoms with Crippen LogP contribution in [0, 0.1) is 27.7 Å². The lowest BCUT2D eigenvalue weighted by atomic mass is 9.96. The molecule has 3 heterocycles. The molecule has 0 bridgehead atoms. The molecular formula is C26H30N6O. The van der Waals surface area contributed by atoms with Gasteiger partial charge in [-0.3, -0.25) is 4.79 Å². The van der Waals surface area contributed by atoms with Gasteiger partial charge in [-0.05, 0) is 94.0 Å². The first-order chi connectivity index (χ1) is 15.7. The number of likely N-dealkylation sites (tertiary alicyclic amines) is 1. The number of carbonyl (C=O) groups excluding carboxylic acids is 1. The van der Waals surface area contributed by atoms with Gasteiger partial charge in [0.1, 0.15) is 5.82 Å². The molecule has 1 aliphatic heterocycles. The SMILES string of the molecule is Cc1cc(C(=O)N2CCC[C@@]2(C)c2nc3cc(C)c(C)cc3n2C)c(-n2nccn2)cc1C. The van der Waals surface area contributed by atoms with Gasteiger partial charge in [0.15, 0.2) is 0 Å². The molecule has 1 aliphatic rings. The summed E-state index contributed by atoms with van der Waals surface area (Å²) in [5.41, 5.74) is 7.54. The third kappa shape index (κ3) is 3.25. The van der Waals surface area contributed by atoms with Crippen molar-refractivity contribution in [2.75, 3.05) is 6.54 Å². The molecule has 1 fully saturated rings. The van der Waals surface area contributed by atoms with Gasteiger partial charge >= 0.3 is 0 Å². The van der Waals surface area contributed by atoms with Crippen molar-refractivity contribution in [1.82, 2.24) is 29.4 Å². The first-order valence-electron chi connectivity index (χ1n) is 11.4. The van der Waals surface area contributed by atoms with Crippen molar-refractivity contribution in [2.24, 2.45) is 7.05 Å².